The van der Waals surface area contributed by atoms with Crippen LogP contribution in [-0.4, -0.2) is 33.8 Å². The molecule has 1 amide bonds. The zero-order valence-electron chi connectivity index (χ0n) is 12.5. The molecule has 134 valence electrons. The van der Waals surface area contributed by atoms with Crippen molar-refractivity contribution in [2.45, 2.75) is 10.5 Å². The number of alkyl halides is 3. The highest BCUT2D eigenvalue weighted by Crippen LogP contribution is 2.35. The third kappa shape index (κ3) is 5.03. The number of hydrogen-bond acceptors (Lipinski definition) is 8. The molecule has 0 bridgehead atoms. The fraction of sp³-hybridized carbons (Fsp3) is 0.250. The van der Waals surface area contributed by atoms with E-state index in [9.17, 15) is 28.1 Å². The maximum absolute atomic E-state index is 12.6. The Balaban J connectivity index is 2.07. The molecule has 2 aromatic rings. The molecule has 2 N–H and O–H groups in total. The van der Waals surface area contributed by atoms with Crippen molar-refractivity contribution >= 4 is 45.5 Å². The number of rotatable bonds is 6. The number of carbonyl (C=O) groups is 1. The highest BCUT2D eigenvalue weighted by atomic mass is 32.2. The van der Waals surface area contributed by atoms with Crippen molar-refractivity contribution < 1.29 is 22.9 Å². The van der Waals surface area contributed by atoms with Crippen LogP contribution in [-0.2, 0) is 11.0 Å². The first-order valence-electron chi connectivity index (χ1n) is 6.50. The topological polar surface area (TPSA) is 110 Å². The van der Waals surface area contributed by atoms with Gasteiger partial charge in [0.15, 0.2) is 4.34 Å². The summed E-state index contributed by atoms with van der Waals surface area (Å²) in [7, 11) is 1.66. The number of benzene rings is 1. The molecule has 0 aliphatic rings. The Kier molecular flexibility index (Phi) is 5.79. The van der Waals surface area contributed by atoms with Gasteiger partial charge in [-0.3, -0.25) is 14.9 Å². The molecule has 25 heavy (non-hydrogen) atoms. The van der Waals surface area contributed by atoms with E-state index in [0.29, 0.717) is 21.6 Å². The lowest BCUT2D eigenvalue weighted by atomic mass is 10.1. The van der Waals surface area contributed by atoms with Crippen LogP contribution in [0.1, 0.15) is 5.56 Å². The summed E-state index contributed by atoms with van der Waals surface area (Å²) >= 11 is 2.26. The molecule has 1 heterocycles. The Hall–Kier alpha value is -2.41. The van der Waals surface area contributed by atoms with E-state index in [0.717, 1.165) is 17.8 Å². The second kappa shape index (κ2) is 7.65. The van der Waals surface area contributed by atoms with E-state index in [1.54, 1.807) is 7.05 Å². The van der Waals surface area contributed by atoms with Crippen LogP contribution < -0.4 is 10.6 Å². The van der Waals surface area contributed by atoms with Gasteiger partial charge in [-0.15, -0.1) is 10.2 Å². The Morgan fingerprint density at radius 3 is 2.68 bits per heavy atom. The molecule has 0 spiro atoms. The molecule has 0 unspecified atom stereocenters. The average Bonchev–Trinajstić information content (AvgIpc) is 3.00. The van der Waals surface area contributed by atoms with Crippen molar-refractivity contribution in [3.63, 3.8) is 0 Å². The molecule has 0 saturated heterocycles. The predicted molar refractivity (Wildman–Crippen MR) is 86.9 cm³/mol. The maximum Gasteiger partial charge on any atom is 0.416 e. The monoisotopic (exact) mass is 393 g/mol. The number of halogens is 3. The Morgan fingerprint density at radius 1 is 1.40 bits per heavy atom. The molecule has 13 heteroatoms. The van der Waals surface area contributed by atoms with Gasteiger partial charge >= 0.3 is 6.18 Å². The van der Waals surface area contributed by atoms with E-state index in [4.69, 9.17) is 0 Å². The fourth-order valence-electron chi connectivity index (χ4n) is 1.65. The normalized spacial score (nSPS) is 11.2. The van der Waals surface area contributed by atoms with Crippen LogP contribution in [0, 0.1) is 10.1 Å². The van der Waals surface area contributed by atoms with Crippen LogP contribution in [0.25, 0.3) is 0 Å². The Morgan fingerprint density at radius 2 is 2.12 bits per heavy atom. The molecule has 2 rings (SSSR count). The number of nitro groups is 1. The van der Waals surface area contributed by atoms with E-state index in [1.807, 2.05) is 0 Å². The first kappa shape index (κ1) is 18.9. The number of aromatic nitrogens is 2. The van der Waals surface area contributed by atoms with Crippen LogP contribution >= 0.6 is 23.1 Å². The van der Waals surface area contributed by atoms with Crippen LogP contribution in [0.15, 0.2) is 22.5 Å². The number of nitrogens with one attached hydrogen (secondary N) is 2. The van der Waals surface area contributed by atoms with Crippen LogP contribution in [0.5, 0.6) is 0 Å². The van der Waals surface area contributed by atoms with Gasteiger partial charge in [0.1, 0.15) is 5.69 Å². The zero-order valence-corrected chi connectivity index (χ0v) is 14.1. The van der Waals surface area contributed by atoms with E-state index >= 15 is 0 Å². The van der Waals surface area contributed by atoms with Crippen LogP contribution in [0.4, 0.5) is 29.7 Å². The molecule has 0 atom stereocenters. The largest absolute Gasteiger partial charge is 0.416 e. The van der Waals surface area contributed by atoms with E-state index in [1.165, 1.54) is 11.3 Å². The summed E-state index contributed by atoms with van der Waals surface area (Å²) in [6, 6.07) is 1.90. The van der Waals surface area contributed by atoms with Crippen molar-refractivity contribution in [2.75, 3.05) is 23.4 Å². The standard InChI is InChI=1S/C12H10F3N5O3S2/c1-16-10-18-19-11(25-10)24-5-9(21)17-7-3-2-6(12(13,14)15)4-8(7)20(22)23/h2-4H,5H2,1H3,(H,16,18)(H,17,21). The molecular weight excluding hydrogens is 383 g/mol. The third-order valence-electron chi connectivity index (χ3n) is 2.74. The lowest BCUT2D eigenvalue weighted by Crippen LogP contribution is -2.16. The Bertz CT molecular complexity index is 797. The summed E-state index contributed by atoms with van der Waals surface area (Å²) in [5.41, 5.74) is -2.31. The van der Waals surface area contributed by atoms with Crippen molar-refractivity contribution in [1.82, 2.24) is 10.2 Å². The van der Waals surface area contributed by atoms with Crippen molar-refractivity contribution in [3.05, 3.63) is 33.9 Å². The molecule has 0 saturated carbocycles. The number of nitrogens with zero attached hydrogens (tertiary/aromatic N) is 3. The summed E-state index contributed by atoms with van der Waals surface area (Å²) in [5, 5.41) is 24.1. The highest BCUT2D eigenvalue weighted by molar-refractivity contribution is 8.01. The third-order valence-corrected chi connectivity index (χ3v) is 4.82. The second-order valence-corrected chi connectivity index (χ2v) is 6.65. The average molecular weight is 393 g/mol. The van der Waals surface area contributed by atoms with Gasteiger partial charge in [0.05, 0.1) is 16.2 Å². The Labute approximate surface area is 147 Å². The molecule has 8 nitrogen and oxygen atoms in total. The molecule has 0 radical (unpaired) electrons. The minimum absolute atomic E-state index is 0.128. The summed E-state index contributed by atoms with van der Waals surface area (Å²) < 4.78 is 38.4. The van der Waals surface area contributed by atoms with Crippen LogP contribution in [0.2, 0.25) is 0 Å². The van der Waals surface area contributed by atoms with E-state index in [2.05, 4.69) is 20.8 Å². The van der Waals surface area contributed by atoms with Gasteiger partial charge in [-0.05, 0) is 12.1 Å². The quantitative estimate of drug-likeness (QED) is 0.440. The van der Waals surface area contributed by atoms with Crippen molar-refractivity contribution in [2.24, 2.45) is 0 Å². The van der Waals surface area contributed by atoms with E-state index < -0.39 is 28.3 Å². The van der Waals surface area contributed by atoms with Gasteiger partial charge in [0, 0.05) is 13.1 Å². The minimum atomic E-state index is -4.72. The SMILES string of the molecule is CNc1nnc(SCC(=O)Nc2ccc(C(F)(F)F)cc2[N+](=O)[O-])s1. The predicted octanol–water partition coefficient (Wildman–Crippen LogP) is 3.24. The minimum Gasteiger partial charge on any atom is -0.363 e. The van der Waals surface area contributed by atoms with Crippen LogP contribution in [0.3, 0.4) is 0 Å². The van der Waals surface area contributed by atoms with Gasteiger partial charge in [0.2, 0.25) is 11.0 Å². The maximum atomic E-state index is 12.6. The molecule has 0 aliphatic heterocycles. The van der Waals surface area contributed by atoms with Gasteiger partial charge in [0.25, 0.3) is 5.69 Å². The molecule has 1 aromatic heterocycles. The molecule has 1 aromatic carbocycles. The highest BCUT2D eigenvalue weighted by Gasteiger charge is 2.33. The molecule has 0 aliphatic carbocycles. The first-order chi connectivity index (χ1) is 11.7. The summed E-state index contributed by atoms with van der Waals surface area (Å²) in [6.07, 6.45) is -4.72. The first-order valence-corrected chi connectivity index (χ1v) is 8.30. The van der Waals surface area contributed by atoms with Gasteiger partial charge in [-0.25, -0.2) is 0 Å². The number of carbonyl (C=O) groups excluding carboxylic acids is 1. The number of thioether (sulfide) groups is 1. The van der Waals surface area contributed by atoms with Gasteiger partial charge in [-0.2, -0.15) is 13.2 Å². The number of amides is 1. The number of hydrogen-bond donors (Lipinski definition) is 2. The lowest BCUT2D eigenvalue weighted by Gasteiger charge is -2.09. The molecular formula is C12H10F3N5O3S2. The smallest absolute Gasteiger partial charge is 0.363 e. The van der Waals surface area contributed by atoms with Gasteiger partial charge < -0.3 is 10.6 Å². The second-order valence-electron chi connectivity index (χ2n) is 4.45. The summed E-state index contributed by atoms with van der Waals surface area (Å²) in [6.45, 7) is 0. The fourth-order valence-corrected chi connectivity index (χ4v) is 3.15. The van der Waals surface area contributed by atoms with Crippen molar-refractivity contribution in [1.29, 1.82) is 0 Å². The summed E-state index contributed by atoms with van der Waals surface area (Å²) in [5.74, 6) is -0.745. The van der Waals surface area contributed by atoms with E-state index in [-0.39, 0.29) is 11.4 Å². The summed E-state index contributed by atoms with van der Waals surface area (Å²) in [4.78, 5) is 21.9. The van der Waals surface area contributed by atoms with Gasteiger partial charge in [-0.1, -0.05) is 23.1 Å². The lowest BCUT2D eigenvalue weighted by molar-refractivity contribution is -0.384. The zero-order chi connectivity index (χ0) is 18.6. The molecule has 0 fully saturated rings. The van der Waals surface area contributed by atoms with Crippen molar-refractivity contribution in [3.8, 4) is 0 Å². The number of nitro benzene ring substituents is 1. The number of anilines is 2.